The summed E-state index contributed by atoms with van der Waals surface area (Å²) in [5, 5.41) is 3.03. The summed E-state index contributed by atoms with van der Waals surface area (Å²) in [7, 11) is 0. The molecule has 3 heteroatoms. The van der Waals surface area contributed by atoms with E-state index >= 15 is 0 Å². The molecule has 0 aliphatic heterocycles. The summed E-state index contributed by atoms with van der Waals surface area (Å²) in [5.41, 5.74) is 5.11. The standard InChI is InChI=1S/C29H24ClNO/c1-21-12-15-25-10-6-7-11-26(25)27(21)20-31(19-24-8-4-3-5-9-24)29(32)17-14-23-13-16-28(30)22(2)18-23/h3-13,15-16,18H,19-20H2,1-2H3. The first-order chi connectivity index (χ1) is 15.5. The second-order valence-corrected chi connectivity index (χ2v) is 8.35. The first-order valence-corrected chi connectivity index (χ1v) is 11.0. The third kappa shape index (κ3) is 5.02. The lowest BCUT2D eigenvalue weighted by molar-refractivity contribution is -0.126. The smallest absolute Gasteiger partial charge is 0.299 e. The van der Waals surface area contributed by atoms with E-state index < -0.39 is 0 Å². The fraction of sp³-hybridized carbons (Fsp3) is 0.138. The van der Waals surface area contributed by atoms with Gasteiger partial charge < -0.3 is 4.90 Å². The van der Waals surface area contributed by atoms with Crippen LogP contribution in [0.2, 0.25) is 5.02 Å². The Morgan fingerprint density at radius 1 is 0.844 bits per heavy atom. The fourth-order valence-corrected chi connectivity index (χ4v) is 3.89. The number of rotatable bonds is 4. The van der Waals surface area contributed by atoms with Crippen molar-refractivity contribution >= 4 is 28.3 Å². The van der Waals surface area contributed by atoms with E-state index in [0.29, 0.717) is 18.1 Å². The van der Waals surface area contributed by atoms with Crippen molar-refractivity contribution in [2.45, 2.75) is 26.9 Å². The number of carbonyl (C=O) groups excluding carboxylic acids is 1. The number of hydrogen-bond acceptors (Lipinski definition) is 1. The Balaban J connectivity index is 1.68. The van der Waals surface area contributed by atoms with E-state index in [1.807, 2.05) is 72.5 Å². The van der Waals surface area contributed by atoms with Crippen LogP contribution in [0.25, 0.3) is 10.8 Å². The average molecular weight is 438 g/mol. The Bertz CT molecular complexity index is 1330. The van der Waals surface area contributed by atoms with E-state index in [1.54, 1.807) is 0 Å². The predicted molar refractivity (Wildman–Crippen MR) is 132 cm³/mol. The molecule has 0 saturated heterocycles. The molecule has 0 atom stereocenters. The van der Waals surface area contributed by atoms with E-state index in [4.69, 9.17) is 11.6 Å². The number of nitrogens with zero attached hydrogens (tertiary/aromatic N) is 1. The van der Waals surface area contributed by atoms with E-state index in [2.05, 4.69) is 43.0 Å². The maximum atomic E-state index is 13.3. The Morgan fingerprint density at radius 3 is 2.38 bits per heavy atom. The quantitative estimate of drug-likeness (QED) is 0.325. The van der Waals surface area contributed by atoms with Gasteiger partial charge in [-0.3, -0.25) is 4.79 Å². The summed E-state index contributed by atoms with van der Waals surface area (Å²) in [4.78, 5) is 15.1. The highest BCUT2D eigenvalue weighted by Crippen LogP contribution is 2.24. The Kier molecular flexibility index (Phi) is 6.59. The summed E-state index contributed by atoms with van der Waals surface area (Å²) < 4.78 is 0. The van der Waals surface area contributed by atoms with Gasteiger partial charge in [0.1, 0.15) is 0 Å². The van der Waals surface area contributed by atoms with Crippen LogP contribution in [0.5, 0.6) is 0 Å². The van der Waals surface area contributed by atoms with E-state index in [0.717, 1.165) is 27.8 Å². The van der Waals surface area contributed by atoms with Gasteiger partial charge in [-0.1, -0.05) is 84.3 Å². The van der Waals surface area contributed by atoms with E-state index in [-0.39, 0.29) is 5.91 Å². The highest BCUT2D eigenvalue weighted by atomic mass is 35.5. The van der Waals surface area contributed by atoms with Gasteiger partial charge in [0.05, 0.1) is 0 Å². The van der Waals surface area contributed by atoms with Crippen LogP contribution in [0.3, 0.4) is 0 Å². The lowest BCUT2D eigenvalue weighted by atomic mass is 9.99. The highest BCUT2D eigenvalue weighted by Gasteiger charge is 2.16. The van der Waals surface area contributed by atoms with Crippen molar-refractivity contribution in [2.75, 3.05) is 0 Å². The van der Waals surface area contributed by atoms with Gasteiger partial charge in [-0.05, 0) is 65.1 Å². The van der Waals surface area contributed by atoms with Gasteiger partial charge in [0.15, 0.2) is 0 Å². The molecule has 0 bridgehead atoms. The Morgan fingerprint density at radius 2 is 1.59 bits per heavy atom. The number of aryl methyl sites for hydroxylation is 2. The van der Waals surface area contributed by atoms with Crippen LogP contribution in [-0.2, 0) is 17.9 Å². The molecule has 0 aliphatic rings. The molecule has 0 saturated carbocycles. The van der Waals surface area contributed by atoms with Crippen molar-refractivity contribution in [1.82, 2.24) is 4.90 Å². The lowest BCUT2D eigenvalue weighted by Gasteiger charge is -2.23. The molecule has 4 aromatic rings. The molecule has 0 heterocycles. The number of carbonyl (C=O) groups is 1. The largest absolute Gasteiger partial charge is 0.323 e. The van der Waals surface area contributed by atoms with Gasteiger partial charge in [0.2, 0.25) is 0 Å². The summed E-state index contributed by atoms with van der Waals surface area (Å²) in [5.74, 6) is 5.66. The van der Waals surface area contributed by atoms with E-state index in [1.165, 1.54) is 10.8 Å². The van der Waals surface area contributed by atoms with Crippen LogP contribution >= 0.6 is 11.6 Å². The van der Waals surface area contributed by atoms with Crippen LogP contribution in [0.15, 0.2) is 84.9 Å². The molecule has 4 aromatic carbocycles. The summed E-state index contributed by atoms with van der Waals surface area (Å²) in [6, 6.07) is 28.1. The number of benzene rings is 4. The van der Waals surface area contributed by atoms with Gasteiger partial charge >= 0.3 is 0 Å². The minimum Gasteiger partial charge on any atom is -0.323 e. The fourth-order valence-electron chi connectivity index (χ4n) is 3.78. The third-order valence-corrected chi connectivity index (χ3v) is 6.02. The van der Waals surface area contributed by atoms with Crippen molar-refractivity contribution < 1.29 is 4.79 Å². The predicted octanol–water partition coefficient (Wildman–Crippen LogP) is 6.69. The third-order valence-electron chi connectivity index (χ3n) is 5.60. The van der Waals surface area contributed by atoms with Crippen LogP contribution in [-0.4, -0.2) is 10.8 Å². The Hall–Kier alpha value is -3.54. The zero-order valence-corrected chi connectivity index (χ0v) is 19.0. The van der Waals surface area contributed by atoms with Crippen LogP contribution < -0.4 is 0 Å². The topological polar surface area (TPSA) is 20.3 Å². The molecule has 0 unspecified atom stereocenters. The summed E-state index contributed by atoms with van der Waals surface area (Å²) >= 11 is 6.11. The SMILES string of the molecule is Cc1cc(C#CC(=O)N(Cc2ccccc2)Cc2c(C)ccc3ccccc23)ccc1Cl. The first kappa shape index (κ1) is 21.7. The second-order valence-electron chi connectivity index (χ2n) is 7.94. The molecule has 1 amide bonds. The number of halogens is 1. The first-order valence-electron chi connectivity index (χ1n) is 10.6. The van der Waals surface area contributed by atoms with Crippen LogP contribution in [0.1, 0.15) is 27.8 Å². The van der Waals surface area contributed by atoms with Crippen molar-refractivity contribution in [3.63, 3.8) is 0 Å². The maximum Gasteiger partial charge on any atom is 0.299 e. The molecule has 0 aliphatic carbocycles. The second kappa shape index (κ2) is 9.73. The molecule has 0 fully saturated rings. The van der Waals surface area contributed by atoms with E-state index in [9.17, 15) is 4.79 Å². The lowest BCUT2D eigenvalue weighted by Crippen LogP contribution is -2.29. The Labute approximate surface area is 194 Å². The van der Waals surface area contributed by atoms with Gasteiger partial charge in [-0.2, -0.15) is 0 Å². The molecule has 32 heavy (non-hydrogen) atoms. The number of hydrogen-bond donors (Lipinski definition) is 0. The molecule has 4 rings (SSSR count). The molecule has 0 radical (unpaired) electrons. The summed E-state index contributed by atoms with van der Waals surface area (Å²) in [6.45, 7) is 5.02. The summed E-state index contributed by atoms with van der Waals surface area (Å²) in [6.07, 6.45) is 0. The molecule has 158 valence electrons. The molecular weight excluding hydrogens is 414 g/mol. The van der Waals surface area contributed by atoms with Gasteiger partial charge in [-0.25, -0.2) is 0 Å². The van der Waals surface area contributed by atoms with Crippen LogP contribution in [0.4, 0.5) is 0 Å². The van der Waals surface area contributed by atoms with Gasteiger partial charge in [-0.15, -0.1) is 0 Å². The van der Waals surface area contributed by atoms with Crippen LogP contribution in [0, 0.1) is 25.7 Å². The zero-order chi connectivity index (χ0) is 22.5. The zero-order valence-electron chi connectivity index (χ0n) is 18.2. The van der Waals surface area contributed by atoms with Gasteiger partial charge in [0.25, 0.3) is 5.91 Å². The molecule has 0 spiro atoms. The minimum absolute atomic E-state index is 0.200. The van der Waals surface area contributed by atoms with Crippen molar-refractivity contribution in [2.24, 2.45) is 0 Å². The van der Waals surface area contributed by atoms with Crippen molar-refractivity contribution in [1.29, 1.82) is 0 Å². The molecule has 2 nitrogen and oxygen atoms in total. The highest BCUT2D eigenvalue weighted by molar-refractivity contribution is 6.31. The average Bonchev–Trinajstić information content (AvgIpc) is 2.81. The van der Waals surface area contributed by atoms with Gasteiger partial charge in [0, 0.05) is 29.6 Å². The van der Waals surface area contributed by atoms with Crippen molar-refractivity contribution in [3.05, 3.63) is 118 Å². The number of amides is 1. The van der Waals surface area contributed by atoms with Crippen molar-refractivity contribution in [3.8, 4) is 11.8 Å². The number of fused-ring (bicyclic) bond motifs is 1. The normalized spacial score (nSPS) is 10.5. The monoisotopic (exact) mass is 437 g/mol. The maximum absolute atomic E-state index is 13.3. The minimum atomic E-state index is -0.200. The molecule has 0 N–H and O–H groups in total. The molecule has 0 aromatic heterocycles. The molecular formula is C29H24ClNO.